The lowest BCUT2D eigenvalue weighted by Crippen LogP contribution is -2.29. The molecule has 9 heavy (non-hydrogen) atoms. The number of nitrogens with one attached hydrogen (secondary N) is 2. The minimum absolute atomic E-state index is 0.109. The van der Waals surface area contributed by atoms with Crippen LogP contribution in [0.5, 0.6) is 0 Å². The van der Waals surface area contributed by atoms with E-state index in [4.69, 9.17) is 16.6 Å². The van der Waals surface area contributed by atoms with Gasteiger partial charge in [-0.15, -0.1) is 0 Å². The van der Waals surface area contributed by atoms with Crippen molar-refractivity contribution >= 4 is 17.8 Å². The molecule has 1 atom stereocenters. The van der Waals surface area contributed by atoms with E-state index in [9.17, 15) is 4.79 Å². The molecule has 4 heteroatoms. The first-order valence-electron chi connectivity index (χ1n) is 2.44. The number of primary amides is 1. The van der Waals surface area contributed by atoms with E-state index in [0.29, 0.717) is 0 Å². The molecule has 4 nitrogen and oxygen atoms in total. The summed E-state index contributed by atoms with van der Waals surface area (Å²) in [5.74, 6) is -1.46. The molecule has 0 aromatic rings. The van der Waals surface area contributed by atoms with Crippen molar-refractivity contribution in [3.8, 4) is 0 Å². The van der Waals surface area contributed by atoms with Crippen LogP contribution >= 0.6 is 0 Å². The highest BCUT2D eigenvalue weighted by atomic mass is 16.1. The molecule has 1 amide bonds. The minimum atomic E-state index is -0.815. The second kappa shape index (κ2) is 2.96. The van der Waals surface area contributed by atoms with E-state index in [2.05, 4.69) is 0 Å². The first-order chi connectivity index (χ1) is 4.09. The highest BCUT2D eigenvalue weighted by Crippen LogP contribution is 1.91. The van der Waals surface area contributed by atoms with Gasteiger partial charge in [0, 0.05) is 11.9 Å². The van der Waals surface area contributed by atoms with Crippen LogP contribution in [0.2, 0.25) is 0 Å². The predicted molar refractivity (Wildman–Crippen MR) is 34.9 cm³/mol. The van der Waals surface area contributed by atoms with Gasteiger partial charge in [-0.25, -0.2) is 0 Å². The second-order valence-electron chi connectivity index (χ2n) is 1.73. The Labute approximate surface area is 53.1 Å². The number of hydrogen-bond donors (Lipinski definition) is 3. The summed E-state index contributed by atoms with van der Waals surface area (Å²) in [6, 6.07) is 0. The summed E-state index contributed by atoms with van der Waals surface area (Å²) in [7, 11) is 0. The van der Waals surface area contributed by atoms with Gasteiger partial charge in [0.1, 0.15) is 5.92 Å². The van der Waals surface area contributed by atoms with Crippen molar-refractivity contribution in [1.29, 1.82) is 10.8 Å². The third kappa shape index (κ3) is 2.03. The summed E-state index contributed by atoms with van der Waals surface area (Å²) in [6.07, 6.45) is 0.866. The molecule has 0 saturated heterocycles. The van der Waals surface area contributed by atoms with Gasteiger partial charge in [-0.2, -0.15) is 0 Å². The average molecular weight is 127 g/mol. The lowest BCUT2D eigenvalue weighted by Gasteiger charge is -2.01. The fraction of sp³-hybridized carbons (Fsp3) is 0.400. The van der Waals surface area contributed by atoms with Crippen LogP contribution in [0.25, 0.3) is 0 Å². The van der Waals surface area contributed by atoms with E-state index in [1.165, 1.54) is 6.92 Å². The van der Waals surface area contributed by atoms with Crippen molar-refractivity contribution in [2.45, 2.75) is 6.92 Å². The van der Waals surface area contributed by atoms with E-state index >= 15 is 0 Å². The molecule has 50 valence electrons. The van der Waals surface area contributed by atoms with Gasteiger partial charge in [0.2, 0.25) is 5.91 Å². The van der Waals surface area contributed by atoms with Gasteiger partial charge in [0.25, 0.3) is 0 Å². The summed E-state index contributed by atoms with van der Waals surface area (Å²) >= 11 is 0. The number of amides is 1. The van der Waals surface area contributed by atoms with Gasteiger partial charge in [-0.1, -0.05) is 0 Å². The molecule has 0 aromatic carbocycles. The van der Waals surface area contributed by atoms with E-state index in [0.717, 1.165) is 6.21 Å². The summed E-state index contributed by atoms with van der Waals surface area (Å²) in [6.45, 7) is 1.44. The van der Waals surface area contributed by atoms with Crippen LogP contribution in [-0.4, -0.2) is 17.8 Å². The summed E-state index contributed by atoms with van der Waals surface area (Å²) in [5.41, 5.74) is 4.93. The highest BCUT2D eigenvalue weighted by Gasteiger charge is 2.12. The standard InChI is InChI=1S/C5H9N3O/c1-3(7)4(2-6)5(8)9/h2,4,6-7H,1H3,(H2,8,9). The maximum absolute atomic E-state index is 10.3. The number of rotatable bonds is 3. The van der Waals surface area contributed by atoms with Crippen LogP contribution in [0.15, 0.2) is 0 Å². The predicted octanol–water partition coefficient (Wildman–Crippen LogP) is -0.223. The number of nitrogens with two attached hydrogens (primary N) is 1. The fourth-order valence-electron chi connectivity index (χ4n) is 0.421. The first kappa shape index (κ1) is 7.81. The van der Waals surface area contributed by atoms with E-state index in [-0.39, 0.29) is 5.71 Å². The molecule has 0 heterocycles. The zero-order chi connectivity index (χ0) is 7.44. The lowest BCUT2D eigenvalue weighted by atomic mass is 10.1. The lowest BCUT2D eigenvalue weighted by molar-refractivity contribution is -0.118. The Balaban J connectivity index is 4.16. The van der Waals surface area contributed by atoms with Crippen LogP contribution in [0, 0.1) is 16.7 Å². The zero-order valence-corrected chi connectivity index (χ0v) is 5.14. The average Bonchev–Trinajstić information content (AvgIpc) is 1.64. The third-order valence-corrected chi connectivity index (χ3v) is 0.940. The summed E-state index contributed by atoms with van der Waals surface area (Å²) < 4.78 is 0. The molecule has 0 aromatic heterocycles. The monoisotopic (exact) mass is 127 g/mol. The molecule has 0 aliphatic heterocycles. The van der Waals surface area contributed by atoms with Gasteiger partial charge < -0.3 is 16.6 Å². The Morgan fingerprint density at radius 2 is 2.22 bits per heavy atom. The molecule has 0 bridgehead atoms. The fourth-order valence-corrected chi connectivity index (χ4v) is 0.421. The van der Waals surface area contributed by atoms with Crippen LogP contribution < -0.4 is 5.73 Å². The van der Waals surface area contributed by atoms with Crippen molar-refractivity contribution in [3.05, 3.63) is 0 Å². The topological polar surface area (TPSA) is 90.8 Å². The molecular formula is C5H9N3O. The molecule has 0 aliphatic rings. The molecule has 0 rings (SSSR count). The highest BCUT2D eigenvalue weighted by molar-refractivity contribution is 6.12. The Morgan fingerprint density at radius 3 is 2.22 bits per heavy atom. The number of hydrogen-bond acceptors (Lipinski definition) is 3. The van der Waals surface area contributed by atoms with Crippen LogP contribution in [0.4, 0.5) is 0 Å². The maximum Gasteiger partial charge on any atom is 0.231 e. The van der Waals surface area contributed by atoms with E-state index in [1.807, 2.05) is 0 Å². The Bertz CT molecular complexity index is 138. The van der Waals surface area contributed by atoms with Gasteiger partial charge in [-0.05, 0) is 6.92 Å². The SMILES string of the molecule is CC(=N)C(C=N)C(N)=O. The van der Waals surface area contributed by atoms with E-state index < -0.39 is 11.8 Å². The molecule has 0 aliphatic carbocycles. The van der Waals surface area contributed by atoms with Crippen molar-refractivity contribution in [1.82, 2.24) is 0 Å². The Hall–Kier alpha value is -1.19. The summed E-state index contributed by atoms with van der Waals surface area (Å²) in [5, 5.41) is 13.6. The van der Waals surface area contributed by atoms with Crippen molar-refractivity contribution < 1.29 is 4.79 Å². The smallest absolute Gasteiger partial charge is 0.231 e. The van der Waals surface area contributed by atoms with Crippen molar-refractivity contribution in [3.63, 3.8) is 0 Å². The first-order valence-corrected chi connectivity index (χ1v) is 2.44. The quantitative estimate of drug-likeness (QED) is 0.449. The Morgan fingerprint density at radius 1 is 1.78 bits per heavy atom. The summed E-state index contributed by atoms with van der Waals surface area (Å²) in [4.78, 5) is 10.3. The second-order valence-corrected chi connectivity index (χ2v) is 1.73. The molecule has 1 unspecified atom stereocenters. The molecule has 4 N–H and O–H groups in total. The molecule has 0 spiro atoms. The molecule has 0 fully saturated rings. The van der Waals surface area contributed by atoms with Crippen LogP contribution in [-0.2, 0) is 4.79 Å². The van der Waals surface area contributed by atoms with Crippen LogP contribution in [0.3, 0.4) is 0 Å². The molecule has 0 saturated carbocycles. The van der Waals surface area contributed by atoms with E-state index in [1.54, 1.807) is 0 Å². The molecular weight excluding hydrogens is 118 g/mol. The Kier molecular flexibility index (Phi) is 2.57. The van der Waals surface area contributed by atoms with Gasteiger partial charge in [0.05, 0.1) is 0 Å². The number of carbonyl (C=O) groups is 1. The number of carbonyl (C=O) groups excluding carboxylic acids is 1. The van der Waals surface area contributed by atoms with Gasteiger partial charge >= 0.3 is 0 Å². The minimum Gasteiger partial charge on any atom is -0.369 e. The normalized spacial score (nSPS) is 12.1. The maximum atomic E-state index is 10.3. The molecule has 0 radical (unpaired) electrons. The largest absolute Gasteiger partial charge is 0.369 e. The van der Waals surface area contributed by atoms with Gasteiger partial charge in [-0.3, -0.25) is 4.79 Å². The van der Waals surface area contributed by atoms with Crippen molar-refractivity contribution in [2.24, 2.45) is 11.7 Å². The van der Waals surface area contributed by atoms with Crippen molar-refractivity contribution in [2.75, 3.05) is 0 Å². The van der Waals surface area contributed by atoms with Gasteiger partial charge in [0.15, 0.2) is 0 Å². The third-order valence-electron chi connectivity index (χ3n) is 0.940. The van der Waals surface area contributed by atoms with Crippen LogP contribution in [0.1, 0.15) is 6.92 Å². The zero-order valence-electron chi connectivity index (χ0n) is 5.14.